The normalized spacial score (nSPS) is 10.3. The van der Waals surface area contributed by atoms with Crippen molar-refractivity contribution in [2.75, 3.05) is 19.7 Å². The van der Waals surface area contributed by atoms with Crippen LogP contribution in [0, 0.1) is 0 Å². The van der Waals surface area contributed by atoms with Gasteiger partial charge in [-0.3, -0.25) is 4.79 Å². The van der Waals surface area contributed by atoms with Crippen molar-refractivity contribution in [1.82, 2.24) is 4.90 Å². The van der Waals surface area contributed by atoms with E-state index in [2.05, 4.69) is 20.8 Å². The van der Waals surface area contributed by atoms with Gasteiger partial charge in [-0.05, 0) is 30.9 Å². The standard InChI is InChI=1S/C16H25NO2/c1-4-11-17(12-5-2)16(18)13-19-15-10-8-7-9-14(15)6-3/h7-10H,4-6,11-13H2,1-3H3. The molecule has 0 bridgehead atoms. The summed E-state index contributed by atoms with van der Waals surface area (Å²) in [6, 6.07) is 7.90. The smallest absolute Gasteiger partial charge is 0.260 e. The molecule has 0 aromatic heterocycles. The number of carbonyl (C=O) groups is 1. The Kier molecular flexibility index (Phi) is 7.01. The van der Waals surface area contributed by atoms with E-state index >= 15 is 0 Å². The summed E-state index contributed by atoms with van der Waals surface area (Å²) >= 11 is 0. The van der Waals surface area contributed by atoms with Crippen LogP contribution in [0.1, 0.15) is 39.2 Å². The van der Waals surface area contributed by atoms with Crippen molar-refractivity contribution in [3.63, 3.8) is 0 Å². The number of benzene rings is 1. The van der Waals surface area contributed by atoms with Gasteiger partial charge in [0.15, 0.2) is 6.61 Å². The van der Waals surface area contributed by atoms with Crippen molar-refractivity contribution in [1.29, 1.82) is 0 Å². The van der Waals surface area contributed by atoms with Gasteiger partial charge in [-0.15, -0.1) is 0 Å². The van der Waals surface area contributed by atoms with Gasteiger partial charge in [0.05, 0.1) is 0 Å². The summed E-state index contributed by atoms with van der Waals surface area (Å²) in [5.41, 5.74) is 1.15. The Hall–Kier alpha value is -1.51. The van der Waals surface area contributed by atoms with Crippen molar-refractivity contribution in [2.24, 2.45) is 0 Å². The van der Waals surface area contributed by atoms with Crippen molar-refractivity contribution < 1.29 is 9.53 Å². The molecule has 0 aliphatic rings. The van der Waals surface area contributed by atoms with Crippen LogP contribution in [0.25, 0.3) is 0 Å². The van der Waals surface area contributed by atoms with Crippen LogP contribution in [0.15, 0.2) is 24.3 Å². The van der Waals surface area contributed by atoms with Gasteiger partial charge in [-0.1, -0.05) is 39.0 Å². The Labute approximate surface area is 116 Å². The number of hydrogen-bond donors (Lipinski definition) is 0. The lowest BCUT2D eigenvalue weighted by molar-refractivity contribution is -0.133. The number of hydrogen-bond acceptors (Lipinski definition) is 2. The molecule has 0 aliphatic heterocycles. The fraction of sp³-hybridized carbons (Fsp3) is 0.562. The lowest BCUT2D eigenvalue weighted by atomic mass is 10.1. The molecule has 1 aromatic rings. The summed E-state index contributed by atoms with van der Waals surface area (Å²) < 4.78 is 5.67. The van der Waals surface area contributed by atoms with E-state index in [0.717, 1.165) is 43.7 Å². The highest BCUT2D eigenvalue weighted by Gasteiger charge is 2.12. The molecule has 0 spiro atoms. The number of ether oxygens (including phenoxy) is 1. The second-order valence-electron chi connectivity index (χ2n) is 4.63. The highest BCUT2D eigenvalue weighted by Crippen LogP contribution is 2.18. The molecule has 0 heterocycles. The minimum Gasteiger partial charge on any atom is -0.483 e. The molecular weight excluding hydrogens is 238 g/mol. The van der Waals surface area contributed by atoms with E-state index in [0.29, 0.717) is 0 Å². The largest absolute Gasteiger partial charge is 0.483 e. The first kappa shape index (κ1) is 15.5. The molecule has 19 heavy (non-hydrogen) atoms. The average Bonchev–Trinajstić information content (AvgIpc) is 2.44. The first-order chi connectivity index (χ1) is 9.22. The molecule has 3 nitrogen and oxygen atoms in total. The third-order valence-electron chi connectivity index (χ3n) is 3.04. The molecule has 0 saturated heterocycles. The number of para-hydroxylation sites is 1. The molecule has 1 rings (SSSR count). The van der Waals surface area contributed by atoms with E-state index in [-0.39, 0.29) is 12.5 Å². The van der Waals surface area contributed by atoms with Crippen molar-refractivity contribution in [2.45, 2.75) is 40.0 Å². The van der Waals surface area contributed by atoms with Gasteiger partial charge in [0.1, 0.15) is 5.75 Å². The molecule has 1 aromatic carbocycles. The van der Waals surface area contributed by atoms with Gasteiger partial charge in [-0.2, -0.15) is 0 Å². The summed E-state index contributed by atoms with van der Waals surface area (Å²) in [5, 5.41) is 0. The SMILES string of the molecule is CCCN(CCC)C(=O)COc1ccccc1CC. The fourth-order valence-corrected chi connectivity index (χ4v) is 2.07. The molecule has 0 radical (unpaired) electrons. The lowest BCUT2D eigenvalue weighted by Crippen LogP contribution is -2.36. The monoisotopic (exact) mass is 263 g/mol. The molecule has 0 fully saturated rings. The topological polar surface area (TPSA) is 29.5 Å². The highest BCUT2D eigenvalue weighted by atomic mass is 16.5. The van der Waals surface area contributed by atoms with Crippen LogP contribution in [0.4, 0.5) is 0 Å². The minimum absolute atomic E-state index is 0.0783. The Balaban J connectivity index is 2.56. The van der Waals surface area contributed by atoms with Gasteiger partial charge in [0.25, 0.3) is 5.91 Å². The maximum absolute atomic E-state index is 12.1. The number of aryl methyl sites for hydroxylation is 1. The van der Waals surface area contributed by atoms with Gasteiger partial charge in [0, 0.05) is 13.1 Å². The predicted molar refractivity (Wildman–Crippen MR) is 78.5 cm³/mol. The van der Waals surface area contributed by atoms with Crippen LogP contribution in [0.5, 0.6) is 5.75 Å². The Morgan fingerprint density at radius 3 is 2.32 bits per heavy atom. The fourth-order valence-electron chi connectivity index (χ4n) is 2.07. The molecule has 0 atom stereocenters. The van der Waals surface area contributed by atoms with E-state index in [1.807, 2.05) is 29.2 Å². The summed E-state index contributed by atoms with van der Waals surface area (Å²) in [6.45, 7) is 8.02. The maximum Gasteiger partial charge on any atom is 0.260 e. The summed E-state index contributed by atoms with van der Waals surface area (Å²) in [7, 11) is 0. The highest BCUT2D eigenvalue weighted by molar-refractivity contribution is 5.77. The van der Waals surface area contributed by atoms with E-state index < -0.39 is 0 Å². The van der Waals surface area contributed by atoms with E-state index in [1.165, 1.54) is 0 Å². The Morgan fingerprint density at radius 2 is 1.74 bits per heavy atom. The molecule has 0 N–H and O–H groups in total. The minimum atomic E-state index is 0.0783. The maximum atomic E-state index is 12.1. The average molecular weight is 263 g/mol. The van der Waals surface area contributed by atoms with E-state index in [1.54, 1.807) is 0 Å². The van der Waals surface area contributed by atoms with Crippen molar-refractivity contribution >= 4 is 5.91 Å². The van der Waals surface area contributed by atoms with Gasteiger partial charge >= 0.3 is 0 Å². The van der Waals surface area contributed by atoms with Crippen LogP contribution in [0.2, 0.25) is 0 Å². The number of nitrogens with zero attached hydrogens (tertiary/aromatic N) is 1. The number of carbonyl (C=O) groups excluding carboxylic acids is 1. The van der Waals surface area contributed by atoms with Crippen LogP contribution in [-0.4, -0.2) is 30.5 Å². The van der Waals surface area contributed by atoms with E-state index in [4.69, 9.17) is 4.74 Å². The second-order valence-corrected chi connectivity index (χ2v) is 4.63. The molecule has 0 saturated carbocycles. The van der Waals surface area contributed by atoms with E-state index in [9.17, 15) is 4.79 Å². The van der Waals surface area contributed by atoms with Crippen LogP contribution in [-0.2, 0) is 11.2 Å². The summed E-state index contributed by atoms with van der Waals surface area (Å²) in [4.78, 5) is 14.0. The zero-order chi connectivity index (χ0) is 14.1. The summed E-state index contributed by atoms with van der Waals surface area (Å²) in [6.07, 6.45) is 2.88. The molecule has 1 amide bonds. The molecular formula is C16H25NO2. The molecule has 3 heteroatoms. The predicted octanol–water partition coefficient (Wildman–Crippen LogP) is 3.28. The number of rotatable bonds is 8. The van der Waals surface area contributed by atoms with Crippen LogP contribution < -0.4 is 4.74 Å². The van der Waals surface area contributed by atoms with Gasteiger partial charge < -0.3 is 9.64 Å². The van der Waals surface area contributed by atoms with Gasteiger partial charge in [0.2, 0.25) is 0 Å². The number of amides is 1. The Morgan fingerprint density at radius 1 is 1.11 bits per heavy atom. The third-order valence-corrected chi connectivity index (χ3v) is 3.04. The first-order valence-corrected chi connectivity index (χ1v) is 7.21. The summed E-state index contributed by atoms with van der Waals surface area (Å²) in [5.74, 6) is 0.904. The third kappa shape index (κ3) is 4.93. The quantitative estimate of drug-likeness (QED) is 0.720. The molecule has 0 unspecified atom stereocenters. The van der Waals surface area contributed by atoms with Crippen LogP contribution >= 0.6 is 0 Å². The lowest BCUT2D eigenvalue weighted by Gasteiger charge is -2.21. The van der Waals surface area contributed by atoms with Crippen molar-refractivity contribution in [3.8, 4) is 5.75 Å². The van der Waals surface area contributed by atoms with Crippen LogP contribution in [0.3, 0.4) is 0 Å². The molecule has 0 aliphatic carbocycles. The zero-order valence-corrected chi connectivity index (χ0v) is 12.3. The molecule has 106 valence electrons. The Bertz CT molecular complexity index is 384. The second kappa shape index (κ2) is 8.57. The van der Waals surface area contributed by atoms with Gasteiger partial charge in [-0.25, -0.2) is 0 Å². The zero-order valence-electron chi connectivity index (χ0n) is 12.3. The first-order valence-electron chi connectivity index (χ1n) is 7.21. The van der Waals surface area contributed by atoms with Crippen molar-refractivity contribution in [3.05, 3.63) is 29.8 Å².